The zero-order chi connectivity index (χ0) is 12.0. The van der Waals surface area contributed by atoms with Crippen molar-refractivity contribution in [2.45, 2.75) is 25.5 Å². The summed E-state index contributed by atoms with van der Waals surface area (Å²) in [6.45, 7) is 2.04. The smallest absolute Gasteiger partial charge is 0.237 e. The van der Waals surface area contributed by atoms with E-state index >= 15 is 0 Å². The van der Waals surface area contributed by atoms with E-state index in [1.807, 2.05) is 6.92 Å². The Morgan fingerprint density at radius 2 is 2.31 bits per heavy atom. The predicted molar refractivity (Wildman–Crippen MR) is 63.1 cm³/mol. The molecule has 0 unspecified atom stereocenters. The second-order valence-corrected chi connectivity index (χ2v) is 3.95. The molecule has 0 aromatic carbocycles. The summed E-state index contributed by atoms with van der Waals surface area (Å²) in [5.41, 5.74) is 10.3. The van der Waals surface area contributed by atoms with Gasteiger partial charge in [0, 0.05) is 6.42 Å². The van der Waals surface area contributed by atoms with Gasteiger partial charge in [0.25, 0.3) is 0 Å². The van der Waals surface area contributed by atoms with Crippen LogP contribution in [0.25, 0.3) is 0 Å². The Morgan fingerprint density at radius 3 is 2.94 bits per heavy atom. The second kappa shape index (κ2) is 6.11. The number of nitrogens with two attached hydrogens (primary N) is 2. The van der Waals surface area contributed by atoms with Gasteiger partial charge < -0.3 is 16.0 Å². The van der Waals surface area contributed by atoms with Crippen LogP contribution in [0.4, 0.5) is 0 Å². The van der Waals surface area contributed by atoms with Crippen LogP contribution >= 0.6 is 11.8 Å². The highest BCUT2D eigenvalue weighted by Crippen LogP contribution is 2.12. The number of rotatable bonds is 4. The lowest BCUT2D eigenvalue weighted by molar-refractivity contribution is 0.385. The van der Waals surface area contributed by atoms with Crippen molar-refractivity contribution in [3.05, 3.63) is 11.7 Å². The monoisotopic (exact) mass is 242 g/mol. The first-order valence-corrected chi connectivity index (χ1v) is 5.72. The van der Waals surface area contributed by atoms with Crippen LogP contribution in [0.3, 0.4) is 0 Å². The normalized spacial score (nSPS) is 10.1. The first kappa shape index (κ1) is 12.5. The zero-order valence-electron chi connectivity index (χ0n) is 8.93. The SMILES string of the molecule is CCCc1noc(CSC(=N)N=C(N)N)n1. The minimum Gasteiger partial charge on any atom is -0.370 e. The summed E-state index contributed by atoms with van der Waals surface area (Å²) in [6.07, 6.45) is 1.76. The molecule has 0 saturated carbocycles. The molecule has 0 fully saturated rings. The summed E-state index contributed by atoms with van der Waals surface area (Å²) in [6, 6.07) is 0. The Balaban J connectivity index is 2.42. The van der Waals surface area contributed by atoms with Crippen LogP contribution in [-0.4, -0.2) is 21.3 Å². The summed E-state index contributed by atoms with van der Waals surface area (Å²) in [5.74, 6) is 1.43. The van der Waals surface area contributed by atoms with Crippen molar-refractivity contribution in [3.63, 3.8) is 0 Å². The Morgan fingerprint density at radius 1 is 1.56 bits per heavy atom. The summed E-state index contributed by atoms with van der Waals surface area (Å²) in [7, 11) is 0. The predicted octanol–water partition coefficient (Wildman–Crippen LogP) is 0.463. The number of nitrogens with one attached hydrogen (secondary N) is 1. The Hall–Kier alpha value is -1.57. The van der Waals surface area contributed by atoms with Crippen molar-refractivity contribution < 1.29 is 4.52 Å². The summed E-state index contributed by atoms with van der Waals surface area (Å²) in [5, 5.41) is 11.2. The molecule has 1 rings (SSSR count). The third-order valence-corrected chi connectivity index (χ3v) is 2.30. The van der Waals surface area contributed by atoms with Crippen molar-refractivity contribution >= 4 is 22.9 Å². The van der Waals surface area contributed by atoms with E-state index in [2.05, 4.69) is 15.1 Å². The highest BCUT2D eigenvalue weighted by Gasteiger charge is 2.06. The largest absolute Gasteiger partial charge is 0.370 e. The van der Waals surface area contributed by atoms with Crippen molar-refractivity contribution in [3.8, 4) is 0 Å². The molecular weight excluding hydrogens is 228 g/mol. The quantitative estimate of drug-likeness (QED) is 0.520. The molecule has 1 aromatic rings. The van der Waals surface area contributed by atoms with E-state index in [1.54, 1.807) is 0 Å². The first-order valence-electron chi connectivity index (χ1n) is 4.74. The zero-order valence-corrected chi connectivity index (χ0v) is 9.75. The number of amidine groups is 1. The average Bonchev–Trinajstić information content (AvgIpc) is 2.62. The van der Waals surface area contributed by atoms with E-state index < -0.39 is 0 Å². The van der Waals surface area contributed by atoms with Gasteiger partial charge in [-0.25, -0.2) is 0 Å². The molecule has 0 aliphatic rings. The van der Waals surface area contributed by atoms with Gasteiger partial charge in [0.15, 0.2) is 17.0 Å². The van der Waals surface area contributed by atoms with Gasteiger partial charge in [0.1, 0.15) is 0 Å². The van der Waals surface area contributed by atoms with E-state index in [1.165, 1.54) is 0 Å². The van der Waals surface area contributed by atoms with Gasteiger partial charge >= 0.3 is 0 Å². The maximum atomic E-state index is 7.38. The van der Waals surface area contributed by atoms with Crippen LogP contribution in [0, 0.1) is 5.41 Å². The Bertz CT molecular complexity index is 384. The van der Waals surface area contributed by atoms with E-state index in [0.29, 0.717) is 17.5 Å². The fourth-order valence-corrected chi connectivity index (χ4v) is 1.50. The molecule has 0 atom stereocenters. The number of thioether (sulfide) groups is 1. The fraction of sp³-hybridized carbons (Fsp3) is 0.500. The minimum absolute atomic E-state index is 0.0234. The number of nitrogens with zero attached hydrogens (tertiary/aromatic N) is 3. The van der Waals surface area contributed by atoms with Crippen LogP contribution < -0.4 is 11.5 Å². The van der Waals surface area contributed by atoms with Gasteiger partial charge in [-0.3, -0.25) is 5.41 Å². The lowest BCUT2D eigenvalue weighted by Gasteiger charge is -1.94. The lowest BCUT2D eigenvalue weighted by atomic mass is 10.3. The maximum absolute atomic E-state index is 7.38. The average molecular weight is 242 g/mol. The number of aryl methyl sites for hydroxylation is 1. The van der Waals surface area contributed by atoms with Crippen LogP contribution in [0.2, 0.25) is 0 Å². The highest BCUT2D eigenvalue weighted by molar-refractivity contribution is 8.13. The third kappa shape index (κ3) is 4.30. The number of hydrogen-bond donors (Lipinski definition) is 3. The van der Waals surface area contributed by atoms with Gasteiger partial charge in [0.05, 0.1) is 5.75 Å². The molecule has 0 radical (unpaired) electrons. The molecule has 1 heterocycles. The molecule has 8 heteroatoms. The first-order chi connectivity index (χ1) is 7.61. The Labute approximate surface area is 97.2 Å². The molecule has 0 spiro atoms. The summed E-state index contributed by atoms with van der Waals surface area (Å²) < 4.78 is 4.98. The molecule has 1 aromatic heterocycles. The molecule has 16 heavy (non-hydrogen) atoms. The van der Waals surface area contributed by atoms with Gasteiger partial charge in [-0.05, 0) is 6.42 Å². The molecule has 7 nitrogen and oxygen atoms in total. The molecule has 88 valence electrons. The molecule has 0 aliphatic carbocycles. The third-order valence-electron chi connectivity index (χ3n) is 1.55. The standard InChI is InChI=1S/C8H14N6OS/c1-2-3-5-12-6(15-14-5)4-16-8(11)13-7(9)10/h2-4H2,1H3,(H5,9,10,11,13). The van der Waals surface area contributed by atoms with Crippen LogP contribution in [-0.2, 0) is 12.2 Å². The van der Waals surface area contributed by atoms with Gasteiger partial charge in [-0.1, -0.05) is 23.8 Å². The molecular formula is C8H14N6OS. The van der Waals surface area contributed by atoms with Crippen molar-refractivity contribution in [2.24, 2.45) is 16.5 Å². The van der Waals surface area contributed by atoms with E-state index in [0.717, 1.165) is 24.6 Å². The molecule has 5 N–H and O–H groups in total. The van der Waals surface area contributed by atoms with Gasteiger partial charge in [-0.2, -0.15) is 9.98 Å². The number of aromatic nitrogens is 2. The van der Waals surface area contributed by atoms with Gasteiger partial charge in [-0.15, -0.1) is 0 Å². The number of aliphatic imine (C=N–C) groups is 1. The topological polar surface area (TPSA) is 127 Å². The van der Waals surface area contributed by atoms with E-state index in [9.17, 15) is 0 Å². The Kier molecular flexibility index (Phi) is 4.77. The van der Waals surface area contributed by atoms with Crippen molar-refractivity contribution in [1.29, 1.82) is 5.41 Å². The summed E-state index contributed by atoms with van der Waals surface area (Å²) >= 11 is 1.13. The van der Waals surface area contributed by atoms with Crippen molar-refractivity contribution in [1.82, 2.24) is 10.1 Å². The molecule has 0 saturated heterocycles. The van der Waals surface area contributed by atoms with Gasteiger partial charge in [0.2, 0.25) is 5.89 Å². The van der Waals surface area contributed by atoms with E-state index in [4.69, 9.17) is 21.4 Å². The highest BCUT2D eigenvalue weighted by atomic mass is 32.2. The second-order valence-electron chi connectivity index (χ2n) is 2.98. The maximum Gasteiger partial charge on any atom is 0.237 e. The molecule has 0 aliphatic heterocycles. The number of guanidine groups is 1. The lowest BCUT2D eigenvalue weighted by Crippen LogP contribution is -2.23. The van der Waals surface area contributed by atoms with Crippen molar-refractivity contribution in [2.75, 3.05) is 0 Å². The summed E-state index contributed by atoms with van der Waals surface area (Å²) in [4.78, 5) is 7.71. The minimum atomic E-state index is -0.130. The van der Waals surface area contributed by atoms with Crippen LogP contribution in [0.5, 0.6) is 0 Å². The van der Waals surface area contributed by atoms with E-state index in [-0.39, 0.29) is 11.1 Å². The molecule has 0 amide bonds. The fourth-order valence-electron chi connectivity index (χ4n) is 0.954. The molecule has 0 bridgehead atoms. The van der Waals surface area contributed by atoms with Crippen LogP contribution in [0.15, 0.2) is 9.52 Å². The van der Waals surface area contributed by atoms with Crippen LogP contribution in [0.1, 0.15) is 25.1 Å². The number of hydrogen-bond acceptors (Lipinski definition) is 5.